The Kier molecular flexibility index (Phi) is 5.12. The summed E-state index contributed by atoms with van der Waals surface area (Å²) in [6, 6.07) is 0. The predicted octanol–water partition coefficient (Wildman–Crippen LogP) is 1.91. The second kappa shape index (κ2) is 6.85. The van der Waals surface area contributed by atoms with Gasteiger partial charge in [0.25, 0.3) is 0 Å². The first kappa shape index (κ1) is 15.7. The van der Waals surface area contributed by atoms with Crippen LogP contribution in [0.5, 0.6) is 0 Å². The molecule has 0 amide bonds. The Morgan fingerprint density at radius 3 is 2.67 bits per heavy atom. The second-order valence-electron chi connectivity index (χ2n) is 5.84. The van der Waals surface area contributed by atoms with Gasteiger partial charge in [-0.25, -0.2) is 9.67 Å². The molecule has 0 saturated heterocycles. The van der Waals surface area contributed by atoms with Crippen LogP contribution >= 0.6 is 0 Å². The molecule has 0 aliphatic rings. The van der Waals surface area contributed by atoms with E-state index in [-0.39, 0.29) is 0 Å². The summed E-state index contributed by atoms with van der Waals surface area (Å²) in [5.41, 5.74) is 3.57. The maximum atomic E-state index is 4.65. The summed E-state index contributed by atoms with van der Waals surface area (Å²) in [6.07, 6.45) is 1.63. The normalized spacial score (nSPS) is 11.5. The molecule has 0 aliphatic carbocycles. The molecular formula is C15H26N6. The Morgan fingerprint density at radius 2 is 2.00 bits per heavy atom. The summed E-state index contributed by atoms with van der Waals surface area (Å²) < 4.78 is 4.01. The molecule has 2 heterocycles. The van der Waals surface area contributed by atoms with Gasteiger partial charge in [-0.15, -0.1) is 0 Å². The van der Waals surface area contributed by atoms with E-state index in [0.717, 1.165) is 31.2 Å². The Hall–Kier alpha value is -1.69. The van der Waals surface area contributed by atoms with E-state index in [1.807, 2.05) is 9.36 Å². The van der Waals surface area contributed by atoms with E-state index in [1.165, 1.54) is 11.3 Å². The third-order valence-electron chi connectivity index (χ3n) is 3.61. The molecule has 0 saturated carbocycles. The van der Waals surface area contributed by atoms with Gasteiger partial charge < -0.3 is 5.32 Å². The van der Waals surface area contributed by atoms with Gasteiger partial charge in [-0.2, -0.15) is 10.2 Å². The number of hydrogen-bond acceptors (Lipinski definition) is 4. The maximum Gasteiger partial charge on any atom is 0.148 e. The van der Waals surface area contributed by atoms with Crippen molar-refractivity contribution in [3.8, 4) is 0 Å². The summed E-state index contributed by atoms with van der Waals surface area (Å²) in [6.45, 7) is 14.1. The lowest BCUT2D eigenvalue weighted by atomic mass is 10.2. The highest BCUT2D eigenvalue weighted by Crippen LogP contribution is 2.14. The number of hydrogen-bond donors (Lipinski definition) is 1. The van der Waals surface area contributed by atoms with Crippen molar-refractivity contribution in [1.82, 2.24) is 29.9 Å². The highest BCUT2D eigenvalue weighted by Gasteiger charge is 2.14. The van der Waals surface area contributed by atoms with E-state index in [4.69, 9.17) is 0 Å². The van der Waals surface area contributed by atoms with Crippen LogP contribution in [0.2, 0.25) is 0 Å². The van der Waals surface area contributed by atoms with Gasteiger partial charge in [-0.3, -0.25) is 4.68 Å². The smallest absolute Gasteiger partial charge is 0.148 e. The third kappa shape index (κ3) is 3.69. The Bertz CT molecular complexity index is 581. The number of nitrogens with one attached hydrogen (secondary N) is 1. The standard InChI is InChI=1S/C15H26N6/c1-6-16-7-14-12(4)19-20(13(14)5)9-15-17-10-18-21(15)8-11(2)3/h10-11,16H,6-9H2,1-5H3. The van der Waals surface area contributed by atoms with Gasteiger partial charge in [0.1, 0.15) is 18.7 Å². The Labute approximate surface area is 126 Å². The van der Waals surface area contributed by atoms with E-state index in [2.05, 4.69) is 55.1 Å². The number of aryl methyl sites for hydroxylation is 1. The highest BCUT2D eigenvalue weighted by molar-refractivity contribution is 5.24. The summed E-state index contributed by atoms with van der Waals surface area (Å²) in [4.78, 5) is 4.38. The summed E-state index contributed by atoms with van der Waals surface area (Å²) >= 11 is 0. The van der Waals surface area contributed by atoms with Crippen molar-refractivity contribution in [2.75, 3.05) is 6.54 Å². The molecule has 0 atom stereocenters. The lowest BCUT2D eigenvalue weighted by molar-refractivity contribution is 0.455. The van der Waals surface area contributed by atoms with Crippen LogP contribution in [0.25, 0.3) is 0 Å². The van der Waals surface area contributed by atoms with Crippen molar-refractivity contribution < 1.29 is 0 Å². The van der Waals surface area contributed by atoms with E-state index < -0.39 is 0 Å². The minimum Gasteiger partial charge on any atom is -0.313 e. The van der Waals surface area contributed by atoms with Crippen molar-refractivity contribution in [2.24, 2.45) is 5.92 Å². The van der Waals surface area contributed by atoms with Crippen molar-refractivity contribution in [3.05, 3.63) is 29.1 Å². The van der Waals surface area contributed by atoms with Gasteiger partial charge in [0.05, 0.1) is 5.69 Å². The largest absolute Gasteiger partial charge is 0.313 e. The van der Waals surface area contributed by atoms with Crippen LogP contribution < -0.4 is 5.32 Å². The average Bonchev–Trinajstić information content (AvgIpc) is 2.94. The first-order valence-corrected chi connectivity index (χ1v) is 7.63. The molecule has 2 aromatic heterocycles. The molecule has 2 aromatic rings. The summed E-state index contributed by atoms with van der Waals surface area (Å²) in [5.74, 6) is 1.51. The van der Waals surface area contributed by atoms with Crippen LogP contribution in [0.4, 0.5) is 0 Å². The molecule has 0 aromatic carbocycles. The lowest BCUT2D eigenvalue weighted by Gasteiger charge is -2.10. The van der Waals surface area contributed by atoms with Crippen LogP contribution in [0.15, 0.2) is 6.33 Å². The fraction of sp³-hybridized carbons (Fsp3) is 0.667. The second-order valence-corrected chi connectivity index (χ2v) is 5.84. The van der Waals surface area contributed by atoms with Crippen LogP contribution in [0, 0.1) is 19.8 Å². The first-order chi connectivity index (χ1) is 10.0. The zero-order chi connectivity index (χ0) is 15.4. The molecule has 1 N–H and O–H groups in total. The zero-order valence-electron chi connectivity index (χ0n) is 13.7. The van der Waals surface area contributed by atoms with E-state index in [9.17, 15) is 0 Å². The van der Waals surface area contributed by atoms with Crippen LogP contribution in [0.3, 0.4) is 0 Å². The first-order valence-electron chi connectivity index (χ1n) is 7.63. The topological polar surface area (TPSA) is 60.6 Å². The number of nitrogens with zero attached hydrogens (tertiary/aromatic N) is 5. The van der Waals surface area contributed by atoms with Crippen molar-refractivity contribution in [1.29, 1.82) is 0 Å². The molecule has 0 fully saturated rings. The fourth-order valence-corrected chi connectivity index (χ4v) is 2.44. The number of rotatable bonds is 7. The van der Waals surface area contributed by atoms with Gasteiger partial charge in [0, 0.05) is 24.3 Å². The SMILES string of the molecule is CCNCc1c(C)nn(Cc2ncnn2CC(C)C)c1C. The van der Waals surface area contributed by atoms with Crippen molar-refractivity contribution in [3.63, 3.8) is 0 Å². The van der Waals surface area contributed by atoms with Crippen LogP contribution in [-0.2, 0) is 19.6 Å². The highest BCUT2D eigenvalue weighted by atomic mass is 15.4. The molecular weight excluding hydrogens is 264 g/mol. The third-order valence-corrected chi connectivity index (χ3v) is 3.61. The predicted molar refractivity (Wildman–Crippen MR) is 83.0 cm³/mol. The molecule has 21 heavy (non-hydrogen) atoms. The number of aromatic nitrogens is 5. The minimum absolute atomic E-state index is 0.551. The lowest BCUT2D eigenvalue weighted by Crippen LogP contribution is -2.15. The molecule has 0 spiro atoms. The van der Waals surface area contributed by atoms with Gasteiger partial charge in [0.15, 0.2) is 0 Å². The van der Waals surface area contributed by atoms with Crippen LogP contribution in [0.1, 0.15) is 43.5 Å². The van der Waals surface area contributed by atoms with Gasteiger partial charge in [0.2, 0.25) is 0 Å². The molecule has 0 aliphatic heterocycles. The zero-order valence-corrected chi connectivity index (χ0v) is 13.7. The minimum atomic E-state index is 0.551. The summed E-state index contributed by atoms with van der Waals surface area (Å²) in [7, 11) is 0. The van der Waals surface area contributed by atoms with Crippen molar-refractivity contribution in [2.45, 2.75) is 54.3 Å². The average molecular weight is 290 g/mol. The molecule has 116 valence electrons. The maximum absolute atomic E-state index is 4.65. The molecule has 6 nitrogen and oxygen atoms in total. The van der Waals surface area contributed by atoms with E-state index in [1.54, 1.807) is 6.33 Å². The van der Waals surface area contributed by atoms with Gasteiger partial charge >= 0.3 is 0 Å². The Morgan fingerprint density at radius 1 is 1.24 bits per heavy atom. The van der Waals surface area contributed by atoms with Crippen LogP contribution in [-0.4, -0.2) is 31.1 Å². The summed E-state index contributed by atoms with van der Waals surface area (Å²) in [5, 5.41) is 12.3. The Balaban J connectivity index is 2.18. The molecule has 0 unspecified atom stereocenters. The molecule has 0 radical (unpaired) electrons. The molecule has 2 rings (SSSR count). The molecule has 6 heteroatoms. The van der Waals surface area contributed by atoms with E-state index >= 15 is 0 Å². The quantitative estimate of drug-likeness (QED) is 0.846. The van der Waals surface area contributed by atoms with E-state index in [0.29, 0.717) is 12.5 Å². The monoisotopic (exact) mass is 290 g/mol. The van der Waals surface area contributed by atoms with Gasteiger partial charge in [-0.1, -0.05) is 20.8 Å². The van der Waals surface area contributed by atoms with Gasteiger partial charge in [-0.05, 0) is 26.3 Å². The molecule has 0 bridgehead atoms. The fourth-order valence-electron chi connectivity index (χ4n) is 2.44. The van der Waals surface area contributed by atoms with Crippen molar-refractivity contribution >= 4 is 0 Å².